The van der Waals surface area contributed by atoms with Crippen molar-refractivity contribution in [1.82, 2.24) is 4.90 Å². The first-order chi connectivity index (χ1) is 9.95. The van der Waals surface area contributed by atoms with Crippen LogP contribution in [0.3, 0.4) is 0 Å². The summed E-state index contributed by atoms with van der Waals surface area (Å²) in [6.07, 6.45) is 2.40. The molecule has 1 fully saturated rings. The predicted molar refractivity (Wildman–Crippen MR) is 93.7 cm³/mol. The maximum Gasteiger partial charge on any atom is 0.0597 e. The Hall–Kier alpha value is -0.930. The Morgan fingerprint density at radius 2 is 1.95 bits per heavy atom. The van der Waals surface area contributed by atoms with Crippen molar-refractivity contribution in [2.75, 3.05) is 43.9 Å². The summed E-state index contributed by atoms with van der Waals surface area (Å²) in [5, 5.41) is 4.48. The van der Waals surface area contributed by atoms with Crippen LogP contribution in [-0.2, 0) is 0 Å². The van der Waals surface area contributed by atoms with Crippen molar-refractivity contribution in [2.45, 2.75) is 32.7 Å². The first kappa shape index (κ1) is 16.4. The molecule has 1 aliphatic rings. The van der Waals surface area contributed by atoms with Gasteiger partial charge in [-0.1, -0.05) is 25.4 Å². The second-order valence-electron chi connectivity index (χ2n) is 6.67. The fraction of sp³-hybridized carbons (Fsp3) is 0.647. The van der Waals surface area contributed by atoms with Crippen LogP contribution in [0.5, 0.6) is 0 Å². The monoisotopic (exact) mass is 309 g/mol. The molecule has 118 valence electrons. The molecule has 0 atom stereocenters. The molecule has 0 aliphatic carbocycles. The molecule has 0 spiro atoms. The topological polar surface area (TPSA) is 18.5 Å². The highest BCUT2D eigenvalue weighted by Crippen LogP contribution is 2.29. The van der Waals surface area contributed by atoms with E-state index in [0.717, 1.165) is 16.6 Å². The van der Waals surface area contributed by atoms with Gasteiger partial charge in [0.05, 0.1) is 11.4 Å². The molecular formula is C17H28ClN3. The minimum Gasteiger partial charge on any atom is -0.380 e. The van der Waals surface area contributed by atoms with E-state index in [0.29, 0.717) is 6.04 Å². The Morgan fingerprint density at radius 1 is 1.29 bits per heavy atom. The van der Waals surface area contributed by atoms with Crippen LogP contribution in [-0.4, -0.2) is 44.7 Å². The van der Waals surface area contributed by atoms with Gasteiger partial charge in [-0.05, 0) is 37.0 Å². The largest absolute Gasteiger partial charge is 0.380 e. The molecular weight excluding hydrogens is 282 g/mol. The minimum atomic E-state index is 0.547. The second-order valence-corrected chi connectivity index (χ2v) is 7.11. The van der Waals surface area contributed by atoms with Crippen LogP contribution in [0.15, 0.2) is 18.2 Å². The highest BCUT2D eigenvalue weighted by atomic mass is 35.5. The van der Waals surface area contributed by atoms with Gasteiger partial charge < -0.3 is 15.1 Å². The third-order valence-electron chi connectivity index (χ3n) is 4.01. The average Bonchev–Trinajstić information content (AvgIpc) is 2.40. The zero-order chi connectivity index (χ0) is 15.4. The molecule has 1 aromatic rings. The van der Waals surface area contributed by atoms with Gasteiger partial charge in [-0.15, -0.1) is 0 Å². The maximum atomic E-state index is 6.15. The number of hydrogen-bond acceptors (Lipinski definition) is 3. The van der Waals surface area contributed by atoms with E-state index in [9.17, 15) is 0 Å². The molecule has 0 amide bonds. The maximum absolute atomic E-state index is 6.15. The summed E-state index contributed by atoms with van der Waals surface area (Å²) in [5.74, 6) is 0.753. The van der Waals surface area contributed by atoms with Crippen LogP contribution in [0.25, 0.3) is 0 Å². The molecule has 2 rings (SSSR count). The van der Waals surface area contributed by atoms with Crippen molar-refractivity contribution < 1.29 is 0 Å². The van der Waals surface area contributed by atoms with E-state index < -0.39 is 0 Å². The number of piperidine rings is 1. The van der Waals surface area contributed by atoms with Crippen molar-refractivity contribution in [1.29, 1.82) is 0 Å². The number of benzene rings is 1. The second kappa shape index (κ2) is 7.37. The van der Waals surface area contributed by atoms with E-state index in [2.05, 4.69) is 49.1 Å². The van der Waals surface area contributed by atoms with E-state index in [-0.39, 0.29) is 0 Å². The van der Waals surface area contributed by atoms with Crippen molar-refractivity contribution >= 4 is 23.0 Å². The highest BCUT2D eigenvalue weighted by Gasteiger charge is 2.20. The molecule has 4 heteroatoms. The van der Waals surface area contributed by atoms with Crippen molar-refractivity contribution in [2.24, 2.45) is 5.92 Å². The van der Waals surface area contributed by atoms with E-state index in [1.165, 1.54) is 38.2 Å². The fourth-order valence-electron chi connectivity index (χ4n) is 3.01. The molecule has 1 saturated heterocycles. The Balaban J connectivity index is 1.96. The molecule has 0 unspecified atom stereocenters. The lowest BCUT2D eigenvalue weighted by molar-refractivity contribution is 0.198. The predicted octanol–water partition coefficient (Wildman–Crippen LogP) is 3.94. The van der Waals surface area contributed by atoms with Gasteiger partial charge in [0, 0.05) is 44.8 Å². The number of hydrogen-bond donors (Lipinski definition) is 1. The average molecular weight is 310 g/mol. The smallest absolute Gasteiger partial charge is 0.0597 e. The lowest BCUT2D eigenvalue weighted by Gasteiger charge is -2.34. The van der Waals surface area contributed by atoms with Gasteiger partial charge in [-0.3, -0.25) is 0 Å². The molecule has 1 aliphatic heterocycles. The standard InChI is InChI=1S/C17H28ClN3/c1-13(2)12-21-9-7-15(8-10-21)19-16-11-14(18)5-6-17(16)20(3)4/h5-6,11,13,15,19H,7-10,12H2,1-4H3. The summed E-state index contributed by atoms with van der Waals surface area (Å²) >= 11 is 6.15. The summed E-state index contributed by atoms with van der Waals surface area (Å²) in [6, 6.07) is 6.62. The van der Waals surface area contributed by atoms with Crippen LogP contribution >= 0.6 is 11.6 Å². The molecule has 0 bridgehead atoms. The third-order valence-corrected chi connectivity index (χ3v) is 4.25. The Morgan fingerprint density at radius 3 is 2.52 bits per heavy atom. The van der Waals surface area contributed by atoms with Gasteiger partial charge in [0.2, 0.25) is 0 Å². The van der Waals surface area contributed by atoms with E-state index in [1.54, 1.807) is 0 Å². The molecule has 1 aromatic carbocycles. The molecule has 0 aromatic heterocycles. The van der Waals surface area contributed by atoms with Crippen molar-refractivity contribution in [3.8, 4) is 0 Å². The Kier molecular flexibility index (Phi) is 5.77. The van der Waals surface area contributed by atoms with E-state index >= 15 is 0 Å². The number of nitrogens with zero attached hydrogens (tertiary/aromatic N) is 2. The SMILES string of the molecule is CC(C)CN1CCC(Nc2cc(Cl)ccc2N(C)C)CC1. The van der Waals surface area contributed by atoms with Gasteiger partial charge in [0.25, 0.3) is 0 Å². The molecule has 1 heterocycles. The Bertz CT molecular complexity index is 451. The van der Waals surface area contributed by atoms with E-state index in [1.807, 2.05) is 12.1 Å². The summed E-state index contributed by atoms with van der Waals surface area (Å²) < 4.78 is 0. The summed E-state index contributed by atoms with van der Waals surface area (Å²) in [6.45, 7) is 8.17. The molecule has 21 heavy (non-hydrogen) atoms. The van der Waals surface area contributed by atoms with Crippen molar-refractivity contribution in [3.05, 3.63) is 23.2 Å². The van der Waals surface area contributed by atoms with Crippen LogP contribution in [0, 0.1) is 5.92 Å². The van der Waals surface area contributed by atoms with E-state index in [4.69, 9.17) is 11.6 Å². The van der Waals surface area contributed by atoms with Crippen LogP contribution in [0.4, 0.5) is 11.4 Å². The van der Waals surface area contributed by atoms with Crippen LogP contribution in [0.1, 0.15) is 26.7 Å². The summed E-state index contributed by atoms with van der Waals surface area (Å²) in [7, 11) is 4.14. The first-order valence-electron chi connectivity index (χ1n) is 7.91. The summed E-state index contributed by atoms with van der Waals surface area (Å²) in [5.41, 5.74) is 2.35. The third kappa shape index (κ3) is 4.79. The normalized spacial score (nSPS) is 17.2. The lowest BCUT2D eigenvalue weighted by atomic mass is 10.0. The first-order valence-corrected chi connectivity index (χ1v) is 8.29. The van der Waals surface area contributed by atoms with Crippen molar-refractivity contribution in [3.63, 3.8) is 0 Å². The fourth-order valence-corrected chi connectivity index (χ4v) is 3.18. The minimum absolute atomic E-state index is 0.547. The lowest BCUT2D eigenvalue weighted by Crippen LogP contribution is -2.40. The van der Waals surface area contributed by atoms with Gasteiger partial charge in [-0.2, -0.15) is 0 Å². The number of rotatable bonds is 5. The van der Waals surface area contributed by atoms with Gasteiger partial charge in [0.15, 0.2) is 0 Å². The summed E-state index contributed by atoms with van der Waals surface area (Å²) in [4.78, 5) is 4.71. The quantitative estimate of drug-likeness (QED) is 0.889. The molecule has 0 radical (unpaired) electrons. The molecule has 1 N–H and O–H groups in total. The molecule has 0 saturated carbocycles. The highest BCUT2D eigenvalue weighted by molar-refractivity contribution is 6.31. The van der Waals surface area contributed by atoms with Gasteiger partial charge in [0.1, 0.15) is 0 Å². The van der Waals surface area contributed by atoms with Crippen LogP contribution < -0.4 is 10.2 Å². The number of halogens is 1. The van der Waals surface area contributed by atoms with Crippen LogP contribution in [0.2, 0.25) is 5.02 Å². The number of anilines is 2. The Labute approximate surface area is 134 Å². The number of likely N-dealkylation sites (tertiary alicyclic amines) is 1. The van der Waals surface area contributed by atoms with Gasteiger partial charge in [-0.25, -0.2) is 0 Å². The van der Waals surface area contributed by atoms with Gasteiger partial charge >= 0.3 is 0 Å². The zero-order valence-corrected chi connectivity index (χ0v) is 14.5. The molecule has 3 nitrogen and oxygen atoms in total. The zero-order valence-electron chi connectivity index (χ0n) is 13.7. The number of nitrogens with one attached hydrogen (secondary N) is 1.